The number of rotatable bonds is 0. The molecule has 0 radical (unpaired) electrons. The van der Waals surface area contributed by atoms with E-state index in [1.54, 1.807) is 4.98 Å². The Balaban J connectivity index is 0.000000423. The molecule has 0 fully saturated rings. The number of H-pyrrole nitrogens is 1. The smallest absolute Gasteiger partial charge is 0.352 e. The molecular weight excluding hydrogens is 253 g/mol. The molecule has 9 nitrogen and oxygen atoms in total. The van der Waals surface area contributed by atoms with E-state index in [2.05, 4.69) is 11.5 Å². The number of hydrogen-bond donors (Lipinski definition) is 3. The second-order valence-corrected chi connectivity index (χ2v) is 2.66. The van der Waals surface area contributed by atoms with Crippen LogP contribution < -0.4 is 28.5 Å². The average Bonchev–Trinajstić information content (AvgIpc) is 2.11. The Kier molecular flexibility index (Phi) is 4.61. The largest absolute Gasteiger partial charge is 0.366 e. The zero-order valence-electron chi connectivity index (χ0n) is 6.94. The fourth-order valence-corrected chi connectivity index (χ4v) is 0.715. The summed E-state index contributed by atoms with van der Waals surface area (Å²) in [6.07, 6.45) is 0. The van der Waals surface area contributed by atoms with Crippen LogP contribution in [0.4, 0.5) is 4.79 Å². The van der Waals surface area contributed by atoms with Crippen LogP contribution in [0.15, 0.2) is 14.4 Å². The van der Waals surface area contributed by atoms with E-state index in [9.17, 15) is 14.4 Å². The van der Waals surface area contributed by atoms with Gasteiger partial charge in [-0.05, 0) is 0 Å². The fraction of sp³-hybridized carbons (Fsp3) is 0. The van der Waals surface area contributed by atoms with Gasteiger partial charge >= 0.3 is 23.1 Å². The summed E-state index contributed by atoms with van der Waals surface area (Å²) in [7, 11) is 0. The summed E-state index contributed by atoms with van der Waals surface area (Å²) in [6.45, 7) is 0. The Labute approximate surface area is 91.0 Å². The molecule has 5 N–H and O–H groups in total. The van der Waals surface area contributed by atoms with Gasteiger partial charge in [0.05, 0.1) is 0 Å². The SMILES string of the molecule is NC(N)=O.O=c1[nH]c(=O)n(Cl)c(=O)n1Cl. The Morgan fingerprint density at radius 3 is 1.60 bits per heavy atom. The Bertz CT molecular complexity index is 486. The van der Waals surface area contributed by atoms with E-state index in [0.717, 1.165) is 0 Å². The highest BCUT2D eigenvalue weighted by molar-refractivity contribution is 6.17. The summed E-state index contributed by atoms with van der Waals surface area (Å²) in [5, 5.41) is 0. The molecule has 0 atom stereocenters. The second kappa shape index (κ2) is 5.22. The maximum atomic E-state index is 10.7. The maximum absolute atomic E-state index is 10.7. The van der Waals surface area contributed by atoms with Crippen molar-refractivity contribution < 1.29 is 4.79 Å². The van der Waals surface area contributed by atoms with Gasteiger partial charge in [-0.25, -0.2) is 19.2 Å². The summed E-state index contributed by atoms with van der Waals surface area (Å²) >= 11 is 10.1. The van der Waals surface area contributed by atoms with Crippen LogP contribution in [-0.2, 0) is 0 Å². The number of hydrogen-bond acceptors (Lipinski definition) is 4. The number of carbonyl (C=O) groups is 1. The molecule has 0 saturated heterocycles. The zero-order valence-corrected chi connectivity index (χ0v) is 8.45. The number of nitrogens with zero attached hydrogens (tertiary/aromatic N) is 2. The van der Waals surface area contributed by atoms with Gasteiger partial charge in [-0.1, -0.05) is 0 Å². The Hall–Kier alpha value is -1.74. The van der Waals surface area contributed by atoms with Gasteiger partial charge in [0.1, 0.15) is 0 Å². The highest BCUT2D eigenvalue weighted by atomic mass is 35.5. The number of aromatic nitrogens is 3. The maximum Gasteiger partial charge on any atom is 0.366 e. The van der Waals surface area contributed by atoms with Crippen LogP contribution in [0.25, 0.3) is 0 Å². The molecule has 0 saturated carbocycles. The molecule has 11 heteroatoms. The van der Waals surface area contributed by atoms with Crippen molar-refractivity contribution in [2.75, 3.05) is 0 Å². The summed E-state index contributed by atoms with van der Waals surface area (Å²) < 4.78 is 0.322. The molecule has 1 heterocycles. The van der Waals surface area contributed by atoms with Crippen LogP contribution in [0, 0.1) is 0 Å². The van der Waals surface area contributed by atoms with Gasteiger partial charge in [-0.15, -0.1) is 8.17 Å². The van der Waals surface area contributed by atoms with Crippen LogP contribution >= 0.6 is 23.6 Å². The number of primary amides is 2. The average molecular weight is 258 g/mol. The lowest BCUT2D eigenvalue weighted by Crippen LogP contribution is -2.43. The number of carbonyl (C=O) groups excluding carboxylic acids is 1. The number of amides is 2. The first-order valence-corrected chi connectivity index (χ1v) is 3.80. The van der Waals surface area contributed by atoms with Gasteiger partial charge in [0.2, 0.25) is 0 Å². The quantitative estimate of drug-likeness (QED) is 0.481. The van der Waals surface area contributed by atoms with Crippen molar-refractivity contribution in [1.29, 1.82) is 0 Å². The number of urea groups is 1. The minimum Gasteiger partial charge on any atom is -0.352 e. The minimum absolute atomic E-state index is 0.161. The lowest BCUT2D eigenvalue weighted by Gasteiger charge is -1.91. The van der Waals surface area contributed by atoms with E-state index < -0.39 is 23.1 Å². The first kappa shape index (κ1) is 13.3. The third-order valence-electron chi connectivity index (χ3n) is 0.906. The summed E-state index contributed by atoms with van der Waals surface area (Å²) in [6, 6.07) is -0.833. The van der Waals surface area contributed by atoms with Gasteiger partial charge in [0.25, 0.3) is 0 Å². The number of nitrogens with one attached hydrogen (secondary N) is 1. The predicted molar refractivity (Wildman–Crippen MR) is 51.9 cm³/mol. The van der Waals surface area contributed by atoms with E-state index in [4.69, 9.17) is 28.3 Å². The second-order valence-electron chi connectivity index (χ2n) is 1.98. The van der Waals surface area contributed by atoms with E-state index in [1.165, 1.54) is 0 Å². The lowest BCUT2D eigenvalue weighted by atomic mass is 11.0. The van der Waals surface area contributed by atoms with Gasteiger partial charge in [0, 0.05) is 23.6 Å². The van der Waals surface area contributed by atoms with Crippen molar-refractivity contribution in [1.82, 2.24) is 13.2 Å². The van der Waals surface area contributed by atoms with Crippen LogP contribution in [0.5, 0.6) is 0 Å². The normalized spacial score (nSPS) is 8.93. The molecule has 1 rings (SSSR count). The molecule has 0 unspecified atom stereocenters. The van der Waals surface area contributed by atoms with Gasteiger partial charge in [-0.3, -0.25) is 4.98 Å². The number of halogens is 2. The van der Waals surface area contributed by atoms with Crippen LogP contribution in [0.2, 0.25) is 0 Å². The van der Waals surface area contributed by atoms with Crippen LogP contribution in [0.1, 0.15) is 0 Å². The van der Waals surface area contributed by atoms with Crippen molar-refractivity contribution in [3.8, 4) is 0 Å². The van der Waals surface area contributed by atoms with E-state index in [1.807, 2.05) is 0 Å². The molecule has 0 aliphatic heterocycles. The van der Waals surface area contributed by atoms with Crippen molar-refractivity contribution in [3.05, 3.63) is 31.5 Å². The van der Waals surface area contributed by atoms with E-state index in [-0.39, 0.29) is 8.17 Å². The van der Waals surface area contributed by atoms with Crippen molar-refractivity contribution in [3.63, 3.8) is 0 Å². The molecule has 84 valence electrons. The third-order valence-corrected chi connectivity index (χ3v) is 1.50. The molecule has 1 aromatic heterocycles. The molecule has 0 bridgehead atoms. The zero-order chi connectivity index (χ0) is 12.2. The van der Waals surface area contributed by atoms with Gasteiger partial charge in [-0.2, -0.15) is 0 Å². The monoisotopic (exact) mass is 257 g/mol. The molecule has 0 aliphatic rings. The molecule has 0 spiro atoms. The highest BCUT2D eigenvalue weighted by Gasteiger charge is 2.04. The molecule has 1 aromatic rings. The fourth-order valence-electron chi connectivity index (χ4n) is 0.440. The minimum atomic E-state index is -1.10. The van der Waals surface area contributed by atoms with Crippen LogP contribution in [0.3, 0.4) is 0 Å². The number of nitrogens with two attached hydrogens (primary N) is 2. The van der Waals surface area contributed by atoms with Crippen molar-refractivity contribution in [2.45, 2.75) is 0 Å². The Morgan fingerprint density at radius 2 is 1.33 bits per heavy atom. The van der Waals surface area contributed by atoms with Gasteiger partial charge in [0.15, 0.2) is 0 Å². The van der Waals surface area contributed by atoms with Crippen LogP contribution in [-0.4, -0.2) is 19.2 Å². The molecule has 0 aromatic carbocycles. The first-order chi connectivity index (χ1) is 6.77. The first-order valence-electron chi connectivity index (χ1n) is 3.13. The Morgan fingerprint density at radius 1 is 1.07 bits per heavy atom. The molecule has 15 heavy (non-hydrogen) atoms. The molecule has 0 aliphatic carbocycles. The topological polar surface area (TPSA) is 146 Å². The van der Waals surface area contributed by atoms with Gasteiger partial charge < -0.3 is 11.5 Å². The molecule has 2 amide bonds. The standard InChI is InChI=1S/C3HCl2N3O3.CH4N2O/c4-7-1(9)6-2(10)8(5)3(7)11;2-1(3)4/h(H,6,9,10);(H4,2,3,4). The summed E-state index contributed by atoms with van der Waals surface area (Å²) in [5.74, 6) is 0. The predicted octanol–water partition coefficient (Wildman–Crippen LogP) is -2.27. The number of aromatic amines is 1. The van der Waals surface area contributed by atoms with E-state index in [0.29, 0.717) is 0 Å². The lowest BCUT2D eigenvalue weighted by molar-refractivity contribution is 0.256. The summed E-state index contributed by atoms with van der Waals surface area (Å²) in [4.78, 5) is 42.4. The third kappa shape index (κ3) is 3.87. The van der Waals surface area contributed by atoms with Crippen molar-refractivity contribution >= 4 is 29.6 Å². The highest BCUT2D eigenvalue weighted by Crippen LogP contribution is 1.71. The molecular formula is C4H5Cl2N5O4. The van der Waals surface area contributed by atoms with E-state index >= 15 is 0 Å². The summed E-state index contributed by atoms with van der Waals surface area (Å²) in [5.41, 5.74) is 5.37. The van der Waals surface area contributed by atoms with Crippen molar-refractivity contribution in [2.24, 2.45) is 11.5 Å².